The zero-order chi connectivity index (χ0) is 37.5. The quantitative estimate of drug-likeness (QED) is 0.191. The highest BCUT2D eigenvalue weighted by molar-refractivity contribution is 6.19. The number of fused-ring (bicyclic) bond motifs is 9. The molecule has 3 aliphatic rings. The Labute approximate surface area is 328 Å². The van der Waals surface area contributed by atoms with Crippen molar-refractivity contribution in [2.24, 2.45) is 9.98 Å². The molecule has 4 heterocycles. The Morgan fingerprint density at radius 1 is 0.632 bits per heavy atom. The van der Waals surface area contributed by atoms with Gasteiger partial charge in [0, 0.05) is 49.9 Å². The molecule has 0 saturated heterocycles. The van der Waals surface area contributed by atoms with Gasteiger partial charge in [0.05, 0.1) is 16.6 Å². The number of aliphatic imine (C=N–C) groups is 2. The maximum absolute atomic E-state index is 6.79. The number of hydrogen-bond acceptors (Lipinski definition) is 5. The monoisotopic (exact) mass is 734 g/mol. The fourth-order valence-corrected chi connectivity index (χ4v) is 8.95. The maximum Gasteiger partial charge on any atom is 0.163 e. The molecule has 2 atom stereocenters. The second-order valence-electron chi connectivity index (χ2n) is 14.9. The maximum atomic E-state index is 6.79. The number of allylic oxidation sites excluding steroid dienone is 4. The average Bonchev–Trinajstić information content (AvgIpc) is 3.96. The molecule has 7 aromatic carbocycles. The Morgan fingerprint density at radius 2 is 1.37 bits per heavy atom. The van der Waals surface area contributed by atoms with Crippen LogP contribution in [0, 0.1) is 0 Å². The number of furan rings is 1. The van der Waals surface area contributed by atoms with Crippen LogP contribution in [-0.4, -0.2) is 16.2 Å². The van der Waals surface area contributed by atoms with E-state index in [-0.39, 0.29) is 12.1 Å². The predicted molar refractivity (Wildman–Crippen MR) is 230 cm³/mol. The lowest BCUT2D eigenvalue weighted by Crippen LogP contribution is -2.33. The van der Waals surface area contributed by atoms with E-state index in [1.54, 1.807) is 0 Å². The number of ether oxygens (including phenoxy) is 1. The summed E-state index contributed by atoms with van der Waals surface area (Å²) >= 11 is 0. The molecule has 0 amide bonds. The molecule has 1 N–H and O–H groups in total. The SMILES string of the molecule is C1=CC(c2ccc3c(c2)oc2c(C4=NC(c5ccccc5)NC(c5ccccc5)=N4)cccc23)=C2Oc3ccc(-n4c5ccccc5c5ccccc54)cc3C2C1. The number of nitrogens with zero attached hydrogens (tertiary/aromatic N) is 3. The summed E-state index contributed by atoms with van der Waals surface area (Å²) in [6.45, 7) is 0. The van der Waals surface area contributed by atoms with E-state index in [1.807, 2.05) is 36.4 Å². The first-order valence-electron chi connectivity index (χ1n) is 19.5. The minimum Gasteiger partial charge on any atom is -0.460 e. The predicted octanol–water partition coefficient (Wildman–Crippen LogP) is 12.0. The van der Waals surface area contributed by atoms with Gasteiger partial charge in [0.25, 0.3) is 0 Å². The summed E-state index contributed by atoms with van der Waals surface area (Å²) in [5.41, 5.74) is 11.4. The standard InChI is InChI=1S/C51H34N4O2/c1-3-13-31(14-4-1)49-52-50(32-15-5-2-6-16-32)54-51(53-49)41-22-12-20-39-38-27-25-33(29-46(38)57-48(39)41)35-19-11-21-40-42-30-34(26-28-45(42)56-47(35)40)55-43-23-9-7-17-36(43)37-18-8-10-24-44(37)55/h1-20,22-30,40,49H,21H2,(H,52,53,54). The van der Waals surface area contributed by atoms with Crippen LogP contribution >= 0.6 is 0 Å². The highest BCUT2D eigenvalue weighted by Crippen LogP contribution is 2.49. The fraction of sp³-hybridized carbons (Fsp3) is 0.0588. The second kappa shape index (κ2) is 12.5. The summed E-state index contributed by atoms with van der Waals surface area (Å²) in [7, 11) is 0. The van der Waals surface area contributed by atoms with E-state index in [0.29, 0.717) is 5.84 Å². The fourth-order valence-electron chi connectivity index (χ4n) is 8.95. The number of para-hydroxylation sites is 3. The van der Waals surface area contributed by atoms with Crippen molar-refractivity contribution in [3.8, 4) is 11.4 Å². The number of amidine groups is 2. The molecule has 12 rings (SSSR count). The Kier molecular flexibility index (Phi) is 7.01. The van der Waals surface area contributed by atoms with Crippen LogP contribution in [0.4, 0.5) is 0 Å². The van der Waals surface area contributed by atoms with Gasteiger partial charge in [0.2, 0.25) is 0 Å². The molecule has 0 radical (unpaired) electrons. The van der Waals surface area contributed by atoms with Crippen LogP contribution in [0.25, 0.3) is 55.0 Å². The van der Waals surface area contributed by atoms with Crippen LogP contribution in [0.3, 0.4) is 0 Å². The molecule has 0 bridgehead atoms. The summed E-state index contributed by atoms with van der Waals surface area (Å²) in [6.07, 6.45) is 5.06. The highest BCUT2D eigenvalue weighted by Gasteiger charge is 2.34. The minimum atomic E-state index is -0.298. The van der Waals surface area contributed by atoms with Crippen LogP contribution in [0.2, 0.25) is 0 Å². The van der Waals surface area contributed by atoms with Crippen LogP contribution in [0.15, 0.2) is 196 Å². The number of rotatable bonds is 5. The van der Waals surface area contributed by atoms with Gasteiger partial charge in [-0.1, -0.05) is 127 Å². The van der Waals surface area contributed by atoms with E-state index in [9.17, 15) is 0 Å². The zero-order valence-electron chi connectivity index (χ0n) is 30.8. The van der Waals surface area contributed by atoms with Gasteiger partial charge < -0.3 is 19.0 Å². The summed E-state index contributed by atoms with van der Waals surface area (Å²) in [6, 6.07) is 57.2. The molecule has 0 fully saturated rings. The largest absolute Gasteiger partial charge is 0.460 e. The lowest BCUT2D eigenvalue weighted by molar-refractivity contribution is 0.429. The van der Waals surface area contributed by atoms with Crippen molar-refractivity contribution < 1.29 is 9.15 Å². The highest BCUT2D eigenvalue weighted by atomic mass is 16.5. The average molecular weight is 735 g/mol. The van der Waals surface area contributed by atoms with Gasteiger partial charge in [0.15, 0.2) is 5.84 Å². The van der Waals surface area contributed by atoms with Crippen LogP contribution in [0.1, 0.15) is 46.3 Å². The normalized spacial score (nSPS) is 17.4. The molecular weight excluding hydrogens is 701 g/mol. The summed E-state index contributed by atoms with van der Waals surface area (Å²) in [4.78, 5) is 10.2. The van der Waals surface area contributed by atoms with E-state index in [1.165, 1.54) is 27.4 Å². The summed E-state index contributed by atoms with van der Waals surface area (Å²) in [5.74, 6) is 3.44. The third-order valence-corrected chi connectivity index (χ3v) is 11.6. The van der Waals surface area contributed by atoms with Crippen molar-refractivity contribution in [1.82, 2.24) is 9.88 Å². The first-order chi connectivity index (χ1) is 28.2. The number of hydrogen-bond donors (Lipinski definition) is 1. The minimum absolute atomic E-state index is 0.123. The second-order valence-corrected chi connectivity index (χ2v) is 14.9. The van der Waals surface area contributed by atoms with Gasteiger partial charge in [0.1, 0.15) is 34.7 Å². The molecule has 2 aromatic heterocycles. The number of nitrogens with one attached hydrogen (secondary N) is 1. The molecule has 0 spiro atoms. The molecule has 9 aromatic rings. The summed E-state index contributed by atoms with van der Waals surface area (Å²) in [5, 5.41) is 8.15. The van der Waals surface area contributed by atoms with E-state index in [4.69, 9.17) is 19.1 Å². The third kappa shape index (κ3) is 5.04. The van der Waals surface area contributed by atoms with E-state index < -0.39 is 0 Å². The number of aromatic nitrogens is 1. The van der Waals surface area contributed by atoms with Crippen LogP contribution in [0.5, 0.6) is 5.75 Å². The molecule has 2 aliphatic heterocycles. The Morgan fingerprint density at radius 3 is 2.18 bits per heavy atom. The summed E-state index contributed by atoms with van der Waals surface area (Å²) < 4.78 is 15.9. The van der Waals surface area contributed by atoms with Gasteiger partial charge in [-0.15, -0.1) is 0 Å². The number of benzene rings is 7. The van der Waals surface area contributed by atoms with Crippen molar-refractivity contribution in [3.05, 3.63) is 210 Å². The van der Waals surface area contributed by atoms with Crippen molar-refractivity contribution in [2.75, 3.05) is 0 Å². The van der Waals surface area contributed by atoms with Crippen molar-refractivity contribution in [3.63, 3.8) is 0 Å². The smallest absolute Gasteiger partial charge is 0.163 e. The molecule has 270 valence electrons. The molecule has 1 aliphatic carbocycles. The first-order valence-corrected chi connectivity index (χ1v) is 19.5. The van der Waals surface area contributed by atoms with Crippen LogP contribution in [-0.2, 0) is 0 Å². The van der Waals surface area contributed by atoms with Crippen molar-refractivity contribution in [1.29, 1.82) is 0 Å². The van der Waals surface area contributed by atoms with Gasteiger partial charge in [-0.2, -0.15) is 0 Å². The molecular formula is C51H34N4O2. The molecule has 57 heavy (non-hydrogen) atoms. The van der Waals surface area contributed by atoms with Gasteiger partial charge in [-0.3, -0.25) is 0 Å². The Bertz CT molecular complexity index is 3170. The topological polar surface area (TPSA) is 64.1 Å². The Balaban J connectivity index is 0.939. The molecule has 2 unspecified atom stereocenters. The third-order valence-electron chi connectivity index (χ3n) is 11.6. The van der Waals surface area contributed by atoms with Gasteiger partial charge >= 0.3 is 0 Å². The van der Waals surface area contributed by atoms with E-state index in [2.05, 4.69) is 149 Å². The zero-order valence-corrected chi connectivity index (χ0v) is 30.8. The molecule has 6 heteroatoms. The van der Waals surface area contributed by atoms with Crippen molar-refractivity contribution >= 4 is 61.0 Å². The molecule has 0 saturated carbocycles. The van der Waals surface area contributed by atoms with E-state index >= 15 is 0 Å². The molecule has 6 nitrogen and oxygen atoms in total. The lowest BCUT2D eigenvalue weighted by Gasteiger charge is -2.23. The first kappa shape index (κ1) is 31.9. The Hall–Kier alpha value is -7.44. The van der Waals surface area contributed by atoms with E-state index in [0.717, 1.165) is 79.2 Å². The van der Waals surface area contributed by atoms with Gasteiger partial charge in [-0.25, -0.2) is 9.98 Å². The van der Waals surface area contributed by atoms with Gasteiger partial charge in [-0.05, 0) is 66.1 Å². The lowest BCUT2D eigenvalue weighted by atomic mass is 9.86. The van der Waals surface area contributed by atoms with Crippen molar-refractivity contribution in [2.45, 2.75) is 18.5 Å². The van der Waals surface area contributed by atoms with Crippen LogP contribution < -0.4 is 10.1 Å².